The van der Waals surface area contributed by atoms with Crippen molar-refractivity contribution in [1.82, 2.24) is 9.88 Å². The van der Waals surface area contributed by atoms with E-state index in [1.165, 1.54) is 17.6 Å². The minimum atomic E-state index is -0.361. The van der Waals surface area contributed by atoms with Crippen molar-refractivity contribution in [3.05, 3.63) is 57.6 Å². The van der Waals surface area contributed by atoms with E-state index < -0.39 is 0 Å². The highest BCUT2D eigenvalue weighted by molar-refractivity contribution is 7.14. The van der Waals surface area contributed by atoms with Gasteiger partial charge in [-0.25, -0.2) is 4.98 Å². The summed E-state index contributed by atoms with van der Waals surface area (Å²) in [6, 6.07) is 7.26. The lowest BCUT2D eigenvalue weighted by molar-refractivity contribution is -0.132. The van der Waals surface area contributed by atoms with Gasteiger partial charge in [-0.05, 0) is 36.4 Å². The molecule has 0 radical (unpaired) electrons. The zero-order valence-corrected chi connectivity index (χ0v) is 17.3. The second-order valence-corrected chi connectivity index (χ2v) is 8.63. The van der Waals surface area contributed by atoms with Crippen LogP contribution in [0.25, 0.3) is 0 Å². The normalized spacial score (nSPS) is 16.1. The molecule has 29 heavy (non-hydrogen) atoms. The molecule has 152 valence electrons. The fraction of sp³-hybridized carbons (Fsp3) is 0.350. The van der Waals surface area contributed by atoms with E-state index in [0.29, 0.717) is 23.9 Å². The van der Waals surface area contributed by atoms with Gasteiger partial charge < -0.3 is 14.1 Å². The number of carbonyl (C=O) groups is 2. The van der Waals surface area contributed by atoms with Crippen molar-refractivity contribution in [2.45, 2.75) is 31.9 Å². The van der Waals surface area contributed by atoms with Gasteiger partial charge in [0, 0.05) is 23.4 Å². The minimum absolute atomic E-state index is 0.00288. The molecule has 1 fully saturated rings. The number of nitrogens with one attached hydrogen (secondary N) is 1. The van der Waals surface area contributed by atoms with Gasteiger partial charge in [0.1, 0.15) is 0 Å². The number of amides is 2. The van der Waals surface area contributed by atoms with E-state index in [1.807, 2.05) is 22.4 Å². The van der Waals surface area contributed by atoms with E-state index in [0.717, 1.165) is 24.3 Å². The molecule has 0 aliphatic carbocycles. The van der Waals surface area contributed by atoms with Gasteiger partial charge in [0.05, 0.1) is 31.0 Å². The van der Waals surface area contributed by atoms with Crippen LogP contribution >= 0.6 is 22.7 Å². The van der Waals surface area contributed by atoms with Crippen LogP contribution in [0.2, 0.25) is 0 Å². The molecule has 9 heteroatoms. The molecule has 3 aromatic heterocycles. The van der Waals surface area contributed by atoms with E-state index in [1.54, 1.807) is 28.8 Å². The van der Waals surface area contributed by atoms with Crippen LogP contribution in [-0.2, 0) is 22.5 Å². The molecule has 0 saturated carbocycles. The van der Waals surface area contributed by atoms with Crippen molar-refractivity contribution in [3.8, 4) is 0 Å². The zero-order valence-electron chi connectivity index (χ0n) is 15.7. The van der Waals surface area contributed by atoms with Crippen molar-refractivity contribution in [1.29, 1.82) is 0 Å². The van der Waals surface area contributed by atoms with E-state index >= 15 is 0 Å². The Balaban J connectivity index is 1.38. The van der Waals surface area contributed by atoms with Gasteiger partial charge in [-0.2, -0.15) is 0 Å². The number of aromatic nitrogens is 1. The minimum Gasteiger partial charge on any atom is -0.459 e. The highest BCUT2D eigenvalue weighted by atomic mass is 32.1. The standard InChI is InChI=1S/C20H21N3O4S2/c24-18(23(11-15-4-1-7-26-15)12-16-5-3-9-28-16)10-14-13-29-20(21-14)22-19(25)17-6-2-8-27-17/h2-3,5-6,8-9,13,15H,1,4,7,10-12H2,(H,21,22,25). The average molecular weight is 432 g/mol. The van der Waals surface area contributed by atoms with Gasteiger partial charge in [0.25, 0.3) is 5.91 Å². The number of rotatable bonds is 8. The van der Waals surface area contributed by atoms with Crippen LogP contribution in [0.5, 0.6) is 0 Å². The van der Waals surface area contributed by atoms with E-state index in [4.69, 9.17) is 9.15 Å². The maximum Gasteiger partial charge on any atom is 0.293 e. The summed E-state index contributed by atoms with van der Waals surface area (Å²) in [6.07, 6.45) is 3.74. The molecular formula is C20H21N3O4S2. The van der Waals surface area contributed by atoms with Gasteiger partial charge in [0.2, 0.25) is 5.91 Å². The second-order valence-electron chi connectivity index (χ2n) is 6.74. The lowest BCUT2D eigenvalue weighted by Crippen LogP contribution is -2.37. The number of carbonyl (C=O) groups excluding carboxylic acids is 2. The third kappa shape index (κ3) is 5.31. The number of thiophene rings is 1. The third-order valence-electron chi connectivity index (χ3n) is 4.58. The molecule has 7 nitrogen and oxygen atoms in total. The van der Waals surface area contributed by atoms with Crippen LogP contribution in [0, 0.1) is 0 Å². The molecule has 1 aliphatic rings. The van der Waals surface area contributed by atoms with Crippen LogP contribution in [0.1, 0.15) is 34.0 Å². The fourth-order valence-electron chi connectivity index (χ4n) is 3.16. The summed E-state index contributed by atoms with van der Waals surface area (Å²) in [6.45, 7) is 1.92. The molecule has 1 N–H and O–H groups in total. The molecule has 3 aromatic rings. The fourth-order valence-corrected chi connectivity index (χ4v) is 4.58. The maximum absolute atomic E-state index is 13.0. The van der Waals surface area contributed by atoms with Gasteiger partial charge in [-0.3, -0.25) is 14.9 Å². The summed E-state index contributed by atoms with van der Waals surface area (Å²) in [5.74, 6) is -0.139. The first-order chi connectivity index (χ1) is 14.2. The predicted molar refractivity (Wildman–Crippen MR) is 111 cm³/mol. The van der Waals surface area contributed by atoms with Crippen molar-refractivity contribution in [2.75, 3.05) is 18.5 Å². The van der Waals surface area contributed by atoms with Crippen LogP contribution < -0.4 is 5.32 Å². The molecule has 4 rings (SSSR count). The molecule has 4 heterocycles. The van der Waals surface area contributed by atoms with Gasteiger partial charge in [-0.15, -0.1) is 22.7 Å². The molecule has 0 bridgehead atoms. The monoisotopic (exact) mass is 431 g/mol. The van der Waals surface area contributed by atoms with E-state index in [9.17, 15) is 9.59 Å². The molecule has 0 aromatic carbocycles. The van der Waals surface area contributed by atoms with Crippen molar-refractivity contribution < 1.29 is 18.7 Å². The van der Waals surface area contributed by atoms with Crippen LogP contribution in [0.4, 0.5) is 5.13 Å². The SMILES string of the molecule is O=C(Nc1nc(CC(=O)N(Cc2cccs2)CC2CCCO2)cs1)c1ccco1. The largest absolute Gasteiger partial charge is 0.459 e. The maximum atomic E-state index is 13.0. The number of hydrogen-bond donors (Lipinski definition) is 1. The van der Waals surface area contributed by atoms with E-state index in [-0.39, 0.29) is 30.1 Å². The molecule has 1 saturated heterocycles. The Hall–Kier alpha value is -2.49. The van der Waals surface area contributed by atoms with Gasteiger partial charge in [0.15, 0.2) is 10.9 Å². The zero-order chi connectivity index (χ0) is 20.1. The summed E-state index contributed by atoms with van der Waals surface area (Å²) in [5.41, 5.74) is 0.637. The summed E-state index contributed by atoms with van der Waals surface area (Å²) < 4.78 is 10.8. The van der Waals surface area contributed by atoms with Crippen molar-refractivity contribution in [3.63, 3.8) is 0 Å². The Morgan fingerprint density at radius 2 is 2.21 bits per heavy atom. The third-order valence-corrected chi connectivity index (χ3v) is 6.24. The van der Waals surface area contributed by atoms with Crippen LogP contribution in [-0.4, -0.2) is 41.0 Å². The Labute approximate surface area is 176 Å². The molecule has 1 atom stereocenters. The number of anilines is 1. The smallest absolute Gasteiger partial charge is 0.293 e. The quantitative estimate of drug-likeness (QED) is 0.586. The van der Waals surface area contributed by atoms with Gasteiger partial charge >= 0.3 is 0 Å². The molecule has 1 aliphatic heterocycles. The lowest BCUT2D eigenvalue weighted by Gasteiger charge is -2.25. The molecule has 2 amide bonds. The average Bonchev–Trinajstić information content (AvgIpc) is 3.50. The van der Waals surface area contributed by atoms with E-state index in [2.05, 4.69) is 10.3 Å². The number of hydrogen-bond acceptors (Lipinski definition) is 7. The summed E-state index contributed by atoms with van der Waals surface area (Å²) >= 11 is 2.93. The predicted octanol–water partition coefficient (Wildman–Crippen LogP) is 3.80. The summed E-state index contributed by atoms with van der Waals surface area (Å²) in [5, 5.41) is 6.95. The first-order valence-corrected chi connectivity index (χ1v) is 11.1. The second kappa shape index (κ2) is 9.34. The van der Waals surface area contributed by atoms with Crippen molar-refractivity contribution >= 4 is 39.6 Å². The number of ether oxygens (including phenoxy) is 1. The molecular weight excluding hydrogens is 410 g/mol. The van der Waals surface area contributed by atoms with Gasteiger partial charge in [-0.1, -0.05) is 6.07 Å². The first kappa shape index (κ1) is 19.8. The lowest BCUT2D eigenvalue weighted by atomic mass is 10.2. The highest BCUT2D eigenvalue weighted by Crippen LogP contribution is 2.20. The first-order valence-electron chi connectivity index (χ1n) is 9.38. The van der Waals surface area contributed by atoms with Crippen LogP contribution in [0.3, 0.4) is 0 Å². The number of nitrogens with zero attached hydrogens (tertiary/aromatic N) is 2. The molecule has 0 spiro atoms. The molecule has 1 unspecified atom stereocenters. The Bertz CT molecular complexity index is 931. The van der Waals surface area contributed by atoms with Crippen molar-refractivity contribution in [2.24, 2.45) is 0 Å². The number of thiazole rings is 1. The number of furan rings is 1. The summed E-state index contributed by atoms with van der Waals surface area (Å²) in [4.78, 5) is 32.4. The Morgan fingerprint density at radius 3 is 2.93 bits per heavy atom. The Morgan fingerprint density at radius 1 is 1.28 bits per heavy atom. The Kier molecular flexibility index (Phi) is 6.38. The van der Waals surface area contributed by atoms with Crippen LogP contribution in [0.15, 0.2) is 45.7 Å². The topological polar surface area (TPSA) is 84.7 Å². The highest BCUT2D eigenvalue weighted by Gasteiger charge is 2.24. The summed E-state index contributed by atoms with van der Waals surface area (Å²) in [7, 11) is 0.